The molecule has 1 amide bonds. The van der Waals surface area contributed by atoms with Gasteiger partial charge in [0.05, 0.1) is 18.3 Å². The Morgan fingerprint density at radius 3 is 2.39 bits per heavy atom. The summed E-state index contributed by atoms with van der Waals surface area (Å²) in [4.78, 5) is 37.7. The number of carboxylic acids is 1. The maximum atomic E-state index is 12.8. The number of benzene rings is 1. The lowest BCUT2D eigenvalue weighted by atomic mass is 9.95. The number of carboxylic acid groups (broad SMARTS) is 1. The van der Waals surface area contributed by atoms with Crippen LogP contribution in [-0.4, -0.2) is 27.9 Å². The van der Waals surface area contributed by atoms with Gasteiger partial charge in [-0.05, 0) is 35.7 Å². The van der Waals surface area contributed by atoms with E-state index in [2.05, 4.69) is 0 Å². The molecule has 3 rings (SSSR count). The van der Waals surface area contributed by atoms with Crippen LogP contribution in [0.1, 0.15) is 37.6 Å². The Morgan fingerprint density at radius 1 is 1.18 bits per heavy atom. The van der Waals surface area contributed by atoms with Crippen molar-refractivity contribution in [2.75, 3.05) is 4.90 Å². The fraction of sp³-hybridized carbons (Fsp3) is 0.286. The average molecular weight is 383 g/mol. The highest BCUT2D eigenvalue weighted by Gasteiger charge is 2.45. The molecular weight excluding hydrogens is 362 g/mol. The van der Waals surface area contributed by atoms with Crippen LogP contribution >= 0.6 is 0 Å². The van der Waals surface area contributed by atoms with Crippen molar-refractivity contribution < 1.29 is 29.0 Å². The number of amides is 1. The fourth-order valence-electron chi connectivity index (χ4n) is 3.30. The summed E-state index contributed by atoms with van der Waals surface area (Å²) in [7, 11) is 0. The van der Waals surface area contributed by atoms with Crippen molar-refractivity contribution in [2.24, 2.45) is 5.92 Å². The van der Waals surface area contributed by atoms with Crippen LogP contribution in [0.4, 0.5) is 5.69 Å². The highest BCUT2D eigenvalue weighted by Crippen LogP contribution is 2.41. The van der Waals surface area contributed by atoms with E-state index >= 15 is 0 Å². The number of aliphatic hydroxyl groups is 1. The summed E-state index contributed by atoms with van der Waals surface area (Å²) in [5, 5.41) is 19.4. The summed E-state index contributed by atoms with van der Waals surface area (Å²) in [5.41, 5.74) is 1.02. The molecule has 0 radical (unpaired) electrons. The quantitative estimate of drug-likeness (QED) is 0.758. The van der Waals surface area contributed by atoms with Gasteiger partial charge in [-0.25, -0.2) is 0 Å². The summed E-state index contributed by atoms with van der Waals surface area (Å²) in [6, 6.07) is 8.80. The number of carbonyl (C=O) groups is 3. The molecule has 2 N–H and O–H groups in total. The smallest absolute Gasteiger partial charge is 0.307 e. The third-order valence-electron chi connectivity index (χ3n) is 4.48. The van der Waals surface area contributed by atoms with E-state index in [1.54, 1.807) is 36.4 Å². The third kappa shape index (κ3) is 3.69. The van der Waals surface area contributed by atoms with E-state index in [1.165, 1.54) is 11.2 Å². The second-order valence-corrected chi connectivity index (χ2v) is 7.11. The van der Waals surface area contributed by atoms with Gasteiger partial charge in [-0.15, -0.1) is 0 Å². The summed E-state index contributed by atoms with van der Waals surface area (Å²) < 4.78 is 5.46. The van der Waals surface area contributed by atoms with Crippen molar-refractivity contribution in [3.63, 3.8) is 0 Å². The molecule has 2 aromatic rings. The molecule has 1 aromatic heterocycles. The first kappa shape index (κ1) is 19.4. The number of aliphatic hydroxyl groups excluding tert-OH is 1. The summed E-state index contributed by atoms with van der Waals surface area (Å²) in [5.74, 6) is -2.13. The van der Waals surface area contributed by atoms with Crippen LogP contribution in [0.5, 0.6) is 0 Å². The molecule has 1 atom stereocenters. The number of carbonyl (C=O) groups excluding carboxylic acids is 2. The summed E-state index contributed by atoms with van der Waals surface area (Å²) in [6.07, 6.45) is 1.49. The van der Waals surface area contributed by atoms with Crippen LogP contribution in [0.15, 0.2) is 58.4 Å². The van der Waals surface area contributed by atoms with Crippen LogP contribution in [0, 0.1) is 5.92 Å². The predicted octanol–water partition coefficient (Wildman–Crippen LogP) is 3.42. The standard InChI is InChI=1S/C21H21NO6/c1-12(2)10-15(23)18-19(16-4-3-9-28-16)22(21(27)20(18)26)14-7-5-13(6-8-14)11-17(24)25/h3-9,12,19,26H,10-11H2,1-2H3,(H,24,25). The van der Waals surface area contributed by atoms with E-state index in [4.69, 9.17) is 9.52 Å². The Balaban J connectivity index is 2.02. The second-order valence-electron chi connectivity index (χ2n) is 7.11. The first-order chi connectivity index (χ1) is 13.3. The lowest BCUT2D eigenvalue weighted by molar-refractivity contribution is -0.136. The van der Waals surface area contributed by atoms with Gasteiger partial charge >= 0.3 is 5.97 Å². The molecule has 146 valence electrons. The molecule has 0 fully saturated rings. The number of furan rings is 1. The normalized spacial score (nSPS) is 16.9. The topological polar surface area (TPSA) is 108 Å². The molecule has 1 aliphatic heterocycles. The van der Waals surface area contributed by atoms with Crippen molar-refractivity contribution in [1.29, 1.82) is 0 Å². The predicted molar refractivity (Wildman–Crippen MR) is 101 cm³/mol. The molecule has 0 saturated heterocycles. The highest BCUT2D eigenvalue weighted by molar-refractivity contribution is 6.16. The largest absolute Gasteiger partial charge is 0.503 e. The number of nitrogens with zero attached hydrogens (tertiary/aromatic N) is 1. The van der Waals surface area contributed by atoms with Gasteiger partial charge < -0.3 is 14.6 Å². The van der Waals surface area contributed by atoms with Crippen molar-refractivity contribution in [2.45, 2.75) is 32.7 Å². The van der Waals surface area contributed by atoms with Crippen LogP contribution in [-0.2, 0) is 20.8 Å². The zero-order valence-electron chi connectivity index (χ0n) is 15.6. The molecule has 1 unspecified atom stereocenters. The van der Waals surface area contributed by atoms with Crippen LogP contribution in [0.25, 0.3) is 0 Å². The molecule has 0 spiro atoms. The molecule has 2 heterocycles. The van der Waals surface area contributed by atoms with Gasteiger partial charge in [-0.2, -0.15) is 0 Å². The number of rotatable bonds is 7. The van der Waals surface area contributed by atoms with E-state index in [-0.39, 0.29) is 30.1 Å². The fourth-order valence-corrected chi connectivity index (χ4v) is 3.30. The van der Waals surface area contributed by atoms with Gasteiger partial charge in [0, 0.05) is 12.1 Å². The maximum absolute atomic E-state index is 12.8. The highest BCUT2D eigenvalue weighted by atomic mass is 16.4. The van der Waals surface area contributed by atoms with E-state index < -0.39 is 23.7 Å². The van der Waals surface area contributed by atoms with Crippen molar-refractivity contribution in [3.05, 3.63) is 65.3 Å². The Morgan fingerprint density at radius 2 is 1.86 bits per heavy atom. The number of aliphatic carboxylic acids is 1. The average Bonchev–Trinajstić information content (AvgIpc) is 3.22. The Kier molecular flexibility index (Phi) is 5.35. The molecule has 7 heteroatoms. The zero-order chi connectivity index (χ0) is 20.4. The molecule has 0 bridgehead atoms. The number of ketones is 1. The second kappa shape index (κ2) is 7.72. The Labute approximate surface area is 161 Å². The van der Waals surface area contributed by atoms with Crippen LogP contribution < -0.4 is 4.90 Å². The van der Waals surface area contributed by atoms with Gasteiger partial charge in [0.1, 0.15) is 11.8 Å². The molecular formula is C21H21NO6. The van der Waals surface area contributed by atoms with E-state index in [0.29, 0.717) is 17.0 Å². The van der Waals surface area contributed by atoms with Crippen LogP contribution in [0.3, 0.4) is 0 Å². The van der Waals surface area contributed by atoms with E-state index in [9.17, 15) is 19.5 Å². The first-order valence-corrected chi connectivity index (χ1v) is 8.93. The lowest BCUT2D eigenvalue weighted by Gasteiger charge is -2.25. The summed E-state index contributed by atoms with van der Waals surface area (Å²) in [6.45, 7) is 3.76. The molecule has 28 heavy (non-hydrogen) atoms. The molecule has 0 saturated carbocycles. The minimum atomic E-state index is -0.959. The molecule has 7 nitrogen and oxygen atoms in total. The maximum Gasteiger partial charge on any atom is 0.307 e. The van der Waals surface area contributed by atoms with Gasteiger partial charge in [0.25, 0.3) is 5.91 Å². The number of anilines is 1. The minimum absolute atomic E-state index is 0.0169. The van der Waals surface area contributed by atoms with Crippen molar-refractivity contribution in [3.8, 4) is 0 Å². The third-order valence-corrected chi connectivity index (χ3v) is 4.48. The van der Waals surface area contributed by atoms with E-state index in [0.717, 1.165) is 0 Å². The van der Waals surface area contributed by atoms with Crippen LogP contribution in [0.2, 0.25) is 0 Å². The first-order valence-electron chi connectivity index (χ1n) is 8.93. The minimum Gasteiger partial charge on any atom is -0.503 e. The van der Waals surface area contributed by atoms with Crippen molar-refractivity contribution >= 4 is 23.3 Å². The lowest BCUT2D eigenvalue weighted by Crippen LogP contribution is -2.30. The number of Topliss-reactive ketones (excluding diaryl/α,β-unsaturated/α-hetero) is 1. The number of hydrogen-bond donors (Lipinski definition) is 2. The Bertz CT molecular complexity index is 924. The number of hydrogen-bond acceptors (Lipinski definition) is 5. The summed E-state index contributed by atoms with van der Waals surface area (Å²) >= 11 is 0. The van der Waals surface area contributed by atoms with Gasteiger partial charge in [0.2, 0.25) is 0 Å². The Hall–Kier alpha value is -3.35. The van der Waals surface area contributed by atoms with E-state index in [1.807, 2.05) is 13.8 Å². The van der Waals surface area contributed by atoms with Gasteiger partial charge in [-0.3, -0.25) is 19.3 Å². The molecule has 0 aliphatic carbocycles. The van der Waals surface area contributed by atoms with Gasteiger partial charge in [0.15, 0.2) is 11.5 Å². The molecule has 1 aromatic carbocycles. The van der Waals surface area contributed by atoms with Crippen molar-refractivity contribution in [1.82, 2.24) is 0 Å². The zero-order valence-corrected chi connectivity index (χ0v) is 15.6. The molecule has 1 aliphatic rings. The monoisotopic (exact) mass is 383 g/mol. The SMILES string of the molecule is CC(C)CC(=O)C1=C(O)C(=O)N(c2ccc(CC(=O)O)cc2)C1c1ccco1. The van der Waals surface area contributed by atoms with Gasteiger partial charge in [-0.1, -0.05) is 26.0 Å².